The SMILES string of the molecule is CC(=O)C1CNC(C(=O)Nc2n[nH]c(C(C)C)n2)C1. The molecule has 1 fully saturated rings. The van der Waals surface area contributed by atoms with Gasteiger partial charge in [-0.05, 0) is 13.3 Å². The van der Waals surface area contributed by atoms with Gasteiger partial charge in [-0.3, -0.25) is 20.0 Å². The summed E-state index contributed by atoms with van der Waals surface area (Å²) >= 11 is 0. The number of hydrogen-bond acceptors (Lipinski definition) is 5. The van der Waals surface area contributed by atoms with Gasteiger partial charge in [0.25, 0.3) is 0 Å². The second kappa shape index (κ2) is 5.48. The van der Waals surface area contributed by atoms with Gasteiger partial charge in [-0.25, -0.2) is 0 Å². The van der Waals surface area contributed by atoms with Gasteiger partial charge in [-0.2, -0.15) is 4.98 Å². The lowest BCUT2D eigenvalue weighted by Crippen LogP contribution is -2.35. The van der Waals surface area contributed by atoms with Crippen LogP contribution in [0.15, 0.2) is 0 Å². The molecular formula is C12H19N5O2. The normalized spacial score (nSPS) is 22.7. The van der Waals surface area contributed by atoms with E-state index in [-0.39, 0.29) is 35.5 Å². The Labute approximate surface area is 111 Å². The molecule has 1 amide bonds. The van der Waals surface area contributed by atoms with E-state index in [1.165, 1.54) is 0 Å². The van der Waals surface area contributed by atoms with Crippen molar-refractivity contribution in [3.8, 4) is 0 Å². The Hall–Kier alpha value is -1.76. The van der Waals surface area contributed by atoms with Crippen LogP contribution in [0.3, 0.4) is 0 Å². The quantitative estimate of drug-likeness (QED) is 0.733. The van der Waals surface area contributed by atoms with Gasteiger partial charge >= 0.3 is 0 Å². The number of hydrogen-bond donors (Lipinski definition) is 3. The average Bonchev–Trinajstić information content (AvgIpc) is 2.96. The van der Waals surface area contributed by atoms with Crippen LogP contribution in [0, 0.1) is 5.92 Å². The van der Waals surface area contributed by atoms with Crippen LogP contribution in [-0.4, -0.2) is 39.5 Å². The van der Waals surface area contributed by atoms with E-state index in [9.17, 15) is 9.59 Å². The highest BCUT2D eigenvalue weighted by atomic mass is 16.2. The molecule has 0 aliphatic carbocycles. The summed E-state index contributed by atoms with van der Waals surface area (Å²) in [6.45, 7) is 6.08. The fourth-order valence-corrected chi connectivity index (χ4v) is 2.03. The number of anilines is 1. The summed E-state index contributed by atoms with van der Waals surface area (Å²) < 4.78 is 0. The Morgan fingerprint density at radius 3 is 2.68 bits per heavy atom. The van der Waals surface area contributed by atoms with E-state index < -0.39 is 0 Å². The second-order valence-electron chi connectivity index (χ2n) is 5.19. The fourth-order valence-electron chi connectivity index (χ4n) is 2.03. The van der Waals surface area contributed by atoms with Crippen LogP contribution < -0.4 is 10.6 Å². The van der Waals surface area contributed by atoms with E-state index >= 15 is 0 Å². The summed E-state index contributed by atoms with van der Waals surface area (Å²) in [6, 6.07) is -0.352. The Kier molecular flexibility index (Phi) is 3.94. The first-order valence-corrected chi connectivity index (χ1v) is 6.44. The third-order valence-electron chi connectivity index (χ3n) is 3.31. The first-order chi connectivity index (χ1) is 8.97. The number of H-pyrrole nitrogens is 1. The maximum Gasteiger partial charge on any atom is 0.248 e. The molecule has 0 bridgehead atoms. The van der Waals surface area contributed by atoms with Gasteiger partial charge in [0.2, 0.25) is 11.9 Å². The monoisotopic (exact) mass is 265 g/mol. The van der Waals surface area contributed by atoms with Crippen molar-refractivity contribution in [3.05, 3.63) is 5.82 Å². The standard InChI is InChI=1S/C12H19N5O2/c1-6(2)10-14-12(17-16-10)15-11(19)9-4-8(5-13-9)7(3)18/h6,8-9,13H,4-5H2,1-3H3,(H2,14,15,16,17,19). The van der Waals surface area contributed by atoms with Crippen molar-refractivity contribution in [1.29, 1.82) is 0 Å². The number of ketones is 1. The minimum Gasteiger partial charge on any atom is -0.305 e. The van der Waals surface area contributed by atoms with Crippen molar-refractivity contribution in [1.82, 2.24) is 20.5 Å². The van der Waals surface area contributed by atoms with Gasteiger partial charge in [0, 0.05) is 18.4 Å². The number of aromatic nitrogens is 3. The third kappa shape index (κ3) is 3.17. The van der Waals surface area contributed by atoms with Crippen LogP contribution in [0.1, 0.15) is 38.9 Å². The lowest BCUT2D eigenvalue weighted by atomic mass is 10.0. The molecule has 0 spiro atoms. The van der Waals surface area contributed by atoms with Crippen LogP contribution in [0.5, 0.6) is 0 Å². The largest absolute Gasteiger partial charge is 0.305 e. The molecule has 1 saturated heterocycles. The van der Waals surface area contributed by atoms with Gasteiger partial charge < -0.3 is 5.32 Å². The average molecular weight is 265 g/mol. The number of Topliss-reactive ketones (excluding diaryl/α,β-unsaturated/α-hetero) is 1. The number of carbonyl (C=O) groups is 2. The maximum atomic E-state index is 12.0. The van der Waals surface area contributed by atoms with Crippen molar-refractivity contribution < 1.29 is 9.59 Å². The minimum atomic E-state index is -0.352. The molecule has 1 aromatic rings. The molecule has 1 aliphatic heterocycles. The van der Waals surface area contributed by atoms with Gasteiger partial charge in [0.05, 0.1) is 6.04 Å². The number of aromatic amines is 1. The lowest BCUT2D eigenvalue weighted by molar-refractivity contribution is -0.120. The predicted octanol–water partition coefficient (Wildman–Crippen LogP) is 0.434. The molecule has 3 N–H and O–H groups in total. The summed E-state index contributed by atoms with van der Waals surface area (Å²) in [5.41, 5.74) is 0. The maximum absolute atomic E-state index is 12.0. The van der Waals surface area contributed by atoms with Crippen molar-refractivity contribution in [2.24, 2.45) is 5.92 Å². The van der Waals surface area contributed by atoms with Crippen LogP contribution in [-0.2, 0) is 9.59 Å². The van der Waals surface area contributed by atoms with E-state index in [1.54, 1.807) is 6.92 Å². The topological polar surface area (TPSA) is 99.8 Å². The minimum absolute atomic E-state index is 0.0749. The summed E-state index contributed by atoms with van der Waals surface area (Å²) in [5, 5.41) is 12.4. The van der Waals surface area contributed by atoms with Crippen LogP contribution in [0.4, 0.5) is 5.95 Å². The summed E-state index contributed by atoms with van der Waals surface area (Å²) in [7, 11) is 0. The molecule has 2 heterocycles. The second-order valence-corrected chi connectivity index (χ2v) is 5.19. The van der Waals surface area contributed by atoms with Crippen LogP contribution in [0.25, 0.3) is 0 Å². The van der Waals surface area contributed by atoms with Crippen LogP contribution in [0.2, 0.25) is 0 Å². The van der Waals surface area contributed by atoms with Crippen molar-refractivity contribution >= 4 is 17.6 Å². The molecule has 1 aliphatic rings. The molecule has 0 aromatic carbocycles. The molecule has 7 heteroatoms. The van der Waals surface area contributed by atoms with E-state index in [0.29, 0.717) is 13.0 Å². The Bertz CT molecular complexity index is 482. The van der Waals surface area contributed by atoms with E-state index in [4.69, 9.17) is 0 Å². The molecule has 2 rings (SSSR count). The fraction of sp³-hybridized carbons (Fsp3) is 0.667. The lowest BCUT2D eigenvalue weighted by Gasteiger charge is -2.08. The molecule has 2 atom stereocenters. The molecule has 0 saturated carbocycles. The summed E-state index contributed by atoms with van der Waals surface area (Å²) in [4.78, 5) is 27.4. The van der Waals surface area contributed by atoms with Crippen molar-refractivity contribution in [2.75, 3.05) is 11.9 Å². The van der Waals surface area contributed by atoms with Gasteiger partial charge in [-0.15, -0.1) is 5.10 Å². The number of rotatable bonds is 4. The molecular weight excluding hydrogens is 246 g/mol. The summed E-state index contributed by atoms with van der Waals surface area (Å²) in [5.74, 6) is 1.08. The zero-order valence-electron chi connectivity index (χ0n) is 11.4. The number of carbonyl (C=O) groups excluding carboxylic acids is 2. The van der Waals surface area contributed by atoms with Crippen molar-refractivity contribution in [3.63, 3.8) is 0 Å². The first-order valence-electron chi connectivity index (χ1n) is 6.44. The molecule has 104 valence electrons. The van der Waals surface area contributed by atoms with Gasteiger partial charge in [0.1, 0.15) is 11.6 Å². The Morgan fingerprint density at radius 1 is 1.42 bits per heavy atom. The zero-order valence-corrected chi connectivity index (χ0v) is 11.4. The number of nitrogens with zero attached hydrogens (tertiary/aromatic N) is 2. The molecule has 2 unspecified atom stereocenters. The highest BCUT2D eigenvalue weighted by Gasteiger charge is 2.32. The highest BCUT2D eigenvalue weighted by Crippen LogP contribution is 2.16. The number of amides is 1. The highest BCUT2D eigenvalue weighted by molar-refractivity contribution is 5.94. The van der Waals surface area contributed by atoms with Gasteiger partial charge in [-0.1, -0.05) is 13.8 Å². The zero-order chi connectivity index (χ0) is 14.0. The Balaban J connectivity index is 1.92. The van der Waals surface area contributed by atoms with E-state index in [1.807, 2.05) is 13.8 Å². The molecule has 19 heavy (non-hydrogen) atoms. The molecule has 1 aromatic heterocycles. The van der Waals surface area contributed by atoms with Crippen LogP contribution >= 0.6 is 0 Å². The van der Waals surface area contributed by atoms with E-state index in [2.05, 4.69) is 25.8 Å². The van der Waals surface area contributed by atoms with Crippen molar-refractivity contribution in [2.45, 2.75) is 39.2 Å². The summed E-state index contributed by atoms with van der Waals surface area (Å²) in [6.07, 6.45) is 0.530. The van der Waals surface area contributed by atoms with Gasteiger partial charge in [0.15, 0.2) is 0 Å². The Morgan fingerprint density at radius 2 is 2.16 bits per heavy atom. The first kappa shape index (κ1) is 13.7. The third-order valence-corrected chi connectivity index (χ3v) is 3.31. The van der Waals surface area contributed by atoms with E-state index in [0.717, 1.165) is 5.82 Å². The molecule has 7 nitrogen and oxygen atoms in total. The number of nitrogens with one attached hydrogen (secondary N) is 3. The smallest absolute Gasteiger partial charge is 0.248 e. The molecule has 0 radical (unpaired) electrons. The predicted molar refractivity (Wildman–Crippen MR) is 69.7 cm³/mol.